The van der Waals surface area contributed by atoms with Crippen LogP contribution in [0, 0.1) is 11.7 Å². The van der Waals surface area contributed by atoms with Gasteiger partial charge in [-0.25, -0.2) is 12.8 Å². The number of carbonyl (C=O) groups is 1. The molecule has 1 amide bonds. The number of hydrogen-bond donors (Lipinski definition) is 2. The van der Waals surface area contributed by atoms with Gasteiger partial charge in [0.1, 0.15) is 34.0 Å². The SMILES string of the molecule is CCOc1ccc(Oc2ccc(NC(=O)C(NS(=O)(=O)c3ccccc3F)C(C)C)cc2)cc1. The molecule has 1 atom stereocenters. The Bertz CT molecular complexity index is 1210. The minimum Gasteiger partial charge on any atom is -0.494 e. The molecule has 2 N–H and O–H groups in total. The van der Waals surface area contributed by atoms with E-state index in [9.17, 15) is 17.6 Å². The van der Waals surface area contributed by atoms with Crippen molar-refractivity contribution in [2.75, 3.05) is 11.9 Å². The Labute approximate surface area is 199 Å². The largest absolute Gasteiger partial charge is 0.494 e. The lowest BCUT2D eigenvalue weighted by atomic mass is 10.0. The van der Waals surface area contributed by atoms with E-state index in [1.807, 2.05) is 19.1 Å². The molecular formula is C25H27FN2O5S. The molecule has 3 aromatic carbocycles. The zero-order chi connectivity index (χ0) is 24.7. The predicted molar refractivity (Wildman–Crippen MR) is 128 cm³/mol. The summed E-state index contributed by atoms with van der Waals surface area (Å²) in [7, 11) is -4.24. The maximum Gasteiger partial charge on any atom is 0.244 e. The summed E-state index contributed by atoms with van der Waals surface area (Å²) < 4.78 is 52.8. The summed E-state index contributed by atoms with van der Waals surface area (Å²) >= 11 is 0. The minimum atomic E-state index is -4.24. The highest BCUT2D eigenvalue weighted by molar-refractivity contribution is 7.89. The molecule has 0 radical (unpaired) electrons. The van der Waals surface area contributed by atoms with Gasteiger partial charge in [-0.15, -0.1) is 0 Å². The van der Waals surface area contributed by atoms with Gasteiger partial charge in [-0.2, -0.15) is 4.72 Å². The minimum absolute atomic E-state index is 0.385. The second kappa shape index (κ2) is 11.1. The van der Waals surface area contributed by atoms with Crippen LogP contribution in [-0.2, 0) is 14.8 Å². The fraction of sp³-hybridized carbons (Fsp3) is 0.240. The average Bonchev–Trinajstić information content (AvgIpc) is 2.80. The molecule has 0 spiro atoms. The fourth-order valence-electron chi connectivity index (χ4n) is 3.12. The summed E-state index contributed by atoms with van der Waals surface area (Å²) in [5.74, 6) is 0.101. The lowest BCUT2D eigenvalue weighted by Crippen LogP contribution is -2.47. The standard InChI is InChI=1S/C25H27FN2O5S/c1-4-32-19-13-15-21(16-14-19)33-20-11-9-18(10-12-20)27-25(29)24(17(2)3)28-34(30,31)23-8-6-5-7-22(23)26/h5-17,24,28H,4H2,1-3H3,(H,27,29). The van der Waals surface area contributed by atoms with Gasteiger partial charge in [0, 0.05) is 5.69 Å². The van der Waals surface area contributed by atoms with E-state index in [4.69, 9.17) is 9.47 Å². The third-order valence-electron chi connectivity index (χ3n) is 4.85. The van der Waals surface area contributed by atoms with Gasteiger partial charge in [0.2, 0.25) is 15.9 Å². The van der Waals surface area contributed by atoms with Crippen LogP contribution in [0.25, 0.3) is 0 Å². The van der Waals surface area contributed by atoms with Gasteiger partial charge in [0.15, 0.2) is 0 Å². The molecule has 34 heavy (non-hydrogen) atoms. The van der Waals surface area contributed by atoms with Crippen LogP contribution < -0.4 is 19.5 Å². The van der Waals surface area contributed by atoms with E-state index in [1.54, 1.807) is 50.2 Å². The van der Waals surface area contributed by atoms with Gasteiger partial charge in [-0.05, 0) is 73.5 Å². The average molecular weight is 487 g/mol. The number of anilines is 1. The van der Waals surface area contributed by atoms with E-state index < -0.39 is 32.7 Å². The second-order valence-corrected chi connectivity index (χ2v) is 9.48. The van der Waals surface area contributed by atoms with Crippen molar-refractivity contribution in [1.29, 1.82) is 0 Å². The molecule has 0 aliphatic carbocycles. The number of sulfonamides is 1. The van der Waals surface area contributed by atoms with Crippen molar-refractivity contribution >= 4 is 21.6 Å². The Kier molecular flexibility index (Phi) is 8.25. The normalized spacial score (nSPS) is 12.3. The lowest BCUT2D eigenvalue weighted by molar-refractivity contribution is -0.118. The van der Waals surface area contributed by atoms with Crippen LogP contribution in [-0.4, -0.2) is 27.0 Å². The Morgan fingerprint density at radius 2 is 1.47 bits per heavy atom. The second-order valence-electron chi connectivity index (χ2n) is 7.79. The molecule has 0 fully saturated rings. The highest BCUT2D eigenvalue weighted by atomic mass is 32.2. The summed E-state index contributed by atoms with van der Waals surface area (Å²) in [5.41, 5.74) is 0.458. The number of rotatable bonds is 10. The molecule has 0 heterocycles. The molecule has 0 aliphatic rings. The summed E-state index contributed by atoms with van der Waals surface area (Å²) in [6.07, 6.45) is 0. The quantitative estimate of drug-likeness (QED) is 0.423. The van der Waals surface area contributed by atoms with Crippen LogP contribution in [0.1, 0.15) is 20.8 Å². The van der Waals surface area contributed by atoms with E-state index in [1.165, 1.54) is 12.1 Å². The Hall–Kier alpha value is -3.43. The van der Waals surface area contributed by atoms with Crippen LogP contribution in [0.15, 0.2) is 77.7 Å². The molecule has 3 rings (SSSR count). The van der Waals surface area contributed by atoms with E-state index in [2.05, 4.69) is 10.0 Å². The Balaban J connectivity index is 1.66. The monoisotopic (exact) mass is 486 g/mol. The Morgan fingerprint density at radius 3 is 2.03 bits per heavy atom. The van der Waals surface area contributed by atoms with Crippen LogP contribution in [0.2, 0.25) is 0 Å². The Morgan fingerprint density at radius 1 is 0.912 bits per heavy atom. The van der Waals surface area contributed by atoms with Gasteiger partial charge in [-0.1, -0.05) is 26.0 Å². The van der Waals surface area contributed by atoms with Crippen molar-refractivity contribution in [3.8, 4) is 17.2 Å². The summed E-state index contributed by atoms with van der Waals surface area (Å²) in [6, 6.07) is 17.7. The molecule has 0 aliphatic heterocycles. The number of carbonyl (C=O) groups excluding carboxylic acids is 1. The highest BCUT2D eigenvalue weighted by Gasteiger charge is 2.29. The first-order valence-electron chi connectivity index (χ1n) is 10.8. The topological polar surface area (TPSA) is 93.7 Å². The van der Waals surface area contributed by atoms with Crippen LogP contribution in [0.4, 0.5) is 10.1 Å². The number of halogens is 1. The number of nitrogens with one attached hydrogen (secondary N) is 2. The fourth-order valence-corrected chi connectivity index (χ4v) is 4.54. The predicted octanol–water partition coefficient (Wildman–Crippen LogP) is 4.96. The third kappa shape index (κ3) is 6.55. The van der Waals surface area contributed by atoms with Crippen molar-refractivity contribution in [3.63, 3.8) is 0 Å². The lowest BCUT2D eigenvalue weighted by Gasteiger charge is -2.22. The number of benzene rings is 3. The van der Waals surface area contributed by atoms with Crippen LogP contribution in [0.5, 0.6) is 17.2 Å². The van der Waals surface area contributed by atoms with E-state index in [-0.39, 0.29) is 5.92 Å². The summed E-state index contributed by atoms with van der Waals surface area (Å²) in [5, 5.41) is 2.69. The van der Waals surface area contributed by atoms with Crippen molar-refractivity contribution in [3.05, 3.63) is 78.6 Å². The van der Waals surface area contributed by atoms with Crippen LogP contribution >= 0.6 is 0 Å². The zero-order valence-corrected chi connectivity index (χ0v) is 19.9. The molecule has 9 heteroatoms. The first kappa shape index (κ1) is 25.2. The van der Waals surface area contributed by atoms with Gasteiger partial charge >= 0.3 is 0 Å². The highest BCUT2D eigenvalue weighted by Crippen LogP contribution is 2.25. The molecule has 0 saturated carbocycles. The number of hydrogen-bond acceptors (Lipinski definition) is 5. The molecule has 0 bridgehead atoms. The molecule has 3 aromatic rings. The number of ether oxygens (including phenoxy) is 2. The molecular weight excluding hydrogens is 459 g/mol. The third-order valence-corrected chi connectivity index (χ3v) is 6.32. The van der Waals surface area contributed by atoms with Gasteiger partial charge in [-0.3, -0.25) is 4.79 Å². The molecule has 1 unspecified atom stereocenters. The number of amides is 1. The van der Waals surface area contributed by atoms with Crippen LogP contribution in [0.3, 0.4) is 0 Å². The first-order valence-corrected chi connectivity index (χ1v) is 12.3. The van der Waals surface area contributed by atoms with Crippen molar-refractivity contribution in [1.82, 2.24) is 4.72 Å². The summed E-state index contributed by atoms with van der Waals surface area (Å²) in [4.78, 5) is 12.3. The van der Waals surface area contributed by atoms with Gasteiger partial charge in [0.25, 0.3) is 0 Å². The van der Waals surface area contributed by atoms with E-state index >= 15 is 0 Å². The van der Waals surface area contributed by atoms with Crippen molar-refractivity contribution < 1.29 is 27.1 Å². The van der Waals surface area contributed by atoms with Crippen molar-refractivity contribution in [2.24, 2.45) is 5.92 Å². The summed E-state index contributed by atoms with van der Waals surface area (Å²) in [6.45, 7) is 5.88. The molecule has 180 valence electrons. The van der Waals surface area contributed by atoms with Gasteiger partial charge in [0.05, 0.1) is 6.61 Å². The van der Waals surface area contributed by atoms with Crippen molar-refractivity contribution in [2.45, 2.75) is 31.7 Å². The molecule has 0 saturated heterocycles. The first-order chi connectivity index (χ1) is 16.2. The smallest absolute Gasteiger partial charge is 0.244 e. The molecule has 7 nitrogen and oxygen atoms in total. The zero-order valence-electron chi connectivity index (χ0n) is 19.1. The maximum atomic E-state index is 14.0. The van der Waals surface area contributed by atoms with E-state index in [0.717, 1.165) is 17.9 Å². The molecule has 0 aromatic heterocycles. The van der Waals surface area contributed by atoms with Gasteiger partial charge < -0.3 is 14.8 Å². The maximum absolute atomic E-state index is 14.0. The van der Waals surface area contributed by atoms with E-state index in [0.29, 0.717) is 23.8 Å².